The smallest absolute Gasteiger partial charge is 0.207 e. The monoisotopic (exact) mass is 355 g/mol. The van der Waals surface area contributed by atoms with Gasteiger partial charge < -0.3 is 9.88 Å². The van der Waals surface area contributed by atoms with Crippen molar-refractivity contribution in [3.63, 3.8) is 0 Å². The van der Waals surface area contributed by atoms with Crippen molar-refractivity contribution >= 4 is 43.5 Å². The average Bonchev–Trinajstić information content (AvgIpc) is 3.03. The van der Waals surface area contributed by atoms with Crippen LogP contribution in [0.15, 0.2) is 39.5 Å². The zero-order chi connectivity index (χ0) is 11.8. The minimum Gasteiger partial charge on any atom is -0.325 e. The van der Waals surface area contributed by atoms with Gasteiger partial charge in [-0.25, -0.2) is 4.98 Å². The first-order chi connectivity index (χ1) is 8.24. The van der Waals surface area contributed by atoms with Crippen molar-refractivity contribution in [2.24, 2.45) is 0 Å². The van der Waals surface area contributed by atoms with Crippen LogP contribution >= 0.6 is 31.9 Å². The van der Waals surface area contributed by atoms with Crippen LogP contribution in [0.3, 0.4) is 0 Å². The molecule has 1 aliphatic carbocycles. The Balaban J connectivity index is 1.88. The number of benzene rings is 1. The lowest BCUT2D eigenvalue weighted by Crippen LogP contribution is -2.01. The normalized spacial score (nSPS) is 14.9. The maximum Gasteiger partial charge on any atom is 0.207 e. The molecular weight excluding hydrogens is 346 g/mol. The van der Waals surface area contributed by atoms with Crippen LogP contribution < -0.4 is 5.32 Å². The van der Waals surface area contributed by atoms with Crippen LogP contribution in [0.2, 0.25) is 0 Å². The molecule has 1 fully saturated rings. The van der Waals surface area contributed by atoms with Gasteiger partial charge in [0.05, 0.1) is 5.69 Å². The zero-order valence-electron chi connectivity index (χ0n) is 9.03. The van der Waals surface area contributed by atoms with Gasteiger partial charge in [0.25, 0.3) is 0 Å². The molecule has 0 spiro atoms. The lowest BCUT2D eigenvalue weighted by atomic mass is 10.3. The van der Waals surface area contributed by atoms with Crippen molar-refractivity contribution in [3.05, 3.63) is 39.5 Å². The van der Waals surface area contributed by atoms with Gasteiger partial charge in [-0.15, -0.1) is 0 Å². The maximum absolute atomic E-state index is 4.36. The summed E-state index contributed by atoms with van der Waals surface area (Å²) in [6.07, 6.45) is 6.39. The van der Waals surface area contributed by atoms with Crippen molar-refractivity contribution in [3.8, 4) is 0 Å². The summed E-state index contributed by atoms with van der Waals surface area (Å²) >= 11 is 6.98. The molecule has 17 heavy (non-hydrogen) atoms. The van der Waals surface area contributed by atoms with Gasteiger partial charge in [-0.1, -0.05) is 15.9 Å². The number of rotatable bonds is 3. The van der Waals surface area contributed by atoms with E-state index in [0.29, 0.717) is 6.04 Å². The summed E-state index contributed by atoms with van der Waals surface area (Å²) in [4.78, 5) is 4.36. The van der Waals surface area contributed by atoms with Crippen LogP contribution in [0.5, 0.6) is 0 Å². The summed E-state index contributed by atoms with van der Waals surface area (Å²) in [5.41, 5.74) is 1.03. The molecule has 1 heterocycles. The van der Waals surface area contributed by atoms with Crippen LogP contribution in [0.1, 0.15) is 18.9 Å². The molecule has 0 unspecified atom stereocenters. The van der Waals surface area contributed by atoms with Crippen LogP contribution in [0.4, 0.5) is 11.6 Å². The lowest BCUT2D eigenvalue weighted by Gasteiger charge is -2.10. The van der Waals surface area contributed by atoms with E-state index >= 15 is 0 Å². The molecule has 0 saturated heterocycles. The van der Waals surface area contributed by atoms with Crippen molar-refractivity contribution in [1.29, 1.82) is 0 Å². The quantitative estimate of drug-likeness (QED) is 0.878. The van der Waals surface area contributed by atoms with Crippen LogP contribution in [0, 0.1) is 0 Å². The topological polar surface area (TPSA) is 29.9 Å². The summed E-state index contributed by atoms with van der Waals surface area (Å²) in [5, 5.41) is 3.35. The summed E-state index contributed by atoms with van der Waals surface area (Å²) in [6.45, 7) is 0. The van der Waals surface area contributed by atoms with Crippen LogP contribution in [0.25, 0.3) is 0 Å². The Labute approximate surface area is 117 Å². The highest BCUT2D eigenvalue weighted by Crippen LogP contribution is 2.38. The standard InChI is InChI=1S/C12H11Br2N3/c13-8-1-4-11(10(14)7-8)16-12-15-5-6-17(12)9-2-3-9/h1,4-7,9H,2-3H2,(H,15,16). The zero-order valence-corrected chi connectivity index (χ0v) is 12.2. The van der Waals surface area contributed by atoms with E-state index in [-0.39, 0.29) is 0 Å². The third kappa shape index (κ3) is 2.40. The average molecular weight is 357 g/mol. The van der Waals surface area contributed by atoms with E-state index in [4.69, 9.17) is 0 Å². The fourth-order valence-electron chi connectivity index (χ4n) is 1.77. The molecule has 3 nitrogen and oxygen atoms in total. The first-order valence-electron chi connectivity index (χ1n) is 5.49. The van der Waals surface area contributed by atoms with Gasteiger partial charge in [0.1, 0.15) is 0 Å². The number of halogens is 2. The first kappa shape index (κ1) is 11.3. The van der Waals surface area contributed by atoms with E-state index < -0.39 is 0 Å². The fourth-order valence-corrected chi connectivity index (χ4v) is 2.91. The SMILES string of the molecule is Brc1ccc(Nc2nccn2C2CC2)c(Br)c1. The number of hydrogen-bond donors (Lipinski definition) is 1. The summed E-state index contributed by atoms with van der Waals surface area (Å²) in [7, 11) is 0. The number of hydrogen-bond acceptors (Lipinski definition) is 2. The third-order valence-electron chi connectivity index (χ3n) is 2.79. The number of anilines is 2. The van der Waals surface area contributed by atoms with Gasteiger partial charge in [0, 0.05) is 27.4 Å². The van der Waals surface area contributed by atoms with E-state index in [0.717, 1.165) is 20.6 Å². The number of aromatic nitrogens is 2. The predicted molar refractivity (Wildman–Crippen MR) is 75.6 cm³/mol. The minimum atomic E-state index is 0.634. The molecule has 2 aromatic rings. The molecule has 1 aromatic heterocycles. The Morgan fingerprint density at radius 3 is 2.82 bits per heavy atom. The van der Waals surface area contributed by atoms with Gasteiger partial charge in [0.15, 0.2) is 0 Å². The van der Waals surface area contributed by atoms with Gasteiger partial charge >= 0.3 is 0 Å². The predicted octanol–water partition coefficient (Wildman–Crippen LogP) is 4.49. The van der Waals surface area contributed by atoms with Gasteiger partial charge in [-0.3, -0.25) is 0 Å². The second kappa shape index (κ2) is 4.46. The first-order valence-corrected chi connectivity index (χ1v) is 7.07. The number of nitrogens with zero attached hydrogens (tertiary/aromatic N) is 2. The van der Waals surface area contributed by atoms with Gasteiger partial charge in [-0.2, -0.15) is 0 Å². The molecule has 0 radical (unpaired) electrons. The highest BCUT2D eigenvalue weighted by Gasteiger charge is 2.25. The lowest BCUT2D eigenvalue weighted by molar-refractivity contribution is 0.751. The molecule has 5 heteroatoms. The van der Waals surface area contributed by atoms with Crippen LogP contribution in [-0.4, -0.2) is 9.55 Å². The molecule has 0 aliphatic heterocycles. The Kier molecular flexibility index (Phi) is 2.96. The van der Waals surface area contributed by atoms with Gasteiger partial charge in [-0.05, 0) is 47.0 Å². The van der Waals surface area contributed by atoms with E-state index in [1.807, 2.05) is 30.6 Å². The van der Waals surface area contributed by atoms with E-state index in [1.54, 1.807) is 0 Å². The van der Waals surface area contributed by atoms with E-state index in [9.17, 15) is 0 Å². The van der Waals surface area contributed by atoms with Crippen molar-refractivity contribution in [1.82, 2.24) is 9.55 Å². The Bertz CT molecular complexity index is 546. The number of nitrogens with one attached hydrogen (secondary N) is 1. The second-order valence-electron chi connectivity index (χ2n) is 4.14. The Morgan fingerprint density at radius 1 is 1.29 bits per heavy atom. The molecule has 0 atom stereocenters. The highest BCUT2D eigenvalue weighted by atomic mass is 79.9. The molecule has 1 aromatic carbocycles. The van der Waals surface area contributed by atoms with Crippen LogP contribution in [-0.2, 0) is 0 Å². The molecule has 1 aliphatic rings. The van der Waals surface area contributed by atoms with E-state index in [1.165, 1.54) is 12.8 Å². The summed E-state index contributed by atoms with van der Waals surface area (Å²) in [6, 6.07) is 6.69. The molecular formula is C12H11Br2N3. The molecule has 88 valence electrons. The molecule has 3 rings (SSSR count). The highest BCUT2D eigenvalue weighted by molar-refractivity contribution is 9.11. The fraction of sp³-hybridized carbons (Fsp3) is 0.250. The molecule has 1 N–H and O–H groups in total. The van der Waals surface area contributed by atoms with Crippen molar-refractivity contribution in [2.75, 3.05) is 5.32 Å². The molecule has 0 amide bonds. The second-order valence-corrected chi connectivity index (χ2v) is 5.91. The van der Waals surface area contributed by atoms with Gasteiger partial charge in [0.2, 0.25) is 5.95 Å². The Hall–Kier alpha value is -0.810. The molecule has 1 saturated carbocycles. The summed E-state index contributed by atoms with van der Waals surface area (Å²) in [5.74, 6) is 0.913. The third-order valence-corrected chi connectivity index (χ3v) is 3.94. The maximum atomic E-state index is 4.36. The number of imidazole rings is 1. The van der Waals surface area contributed by atoms with Crippen molar-refractivity contribution in [2.45, 2.75) is 18.9 Å². The summed E-state index contributed by atoms with van der Waals surface area (Å²) < 4.78 is 4.28. The van der Waals surface area contributed by atoms with E-state index in [2.05, 4.69) is 46.7 Å². The minimum absolute atomic E-state index is 0.634. The Morgan fingerprint density at radius 2 is 2.12 bits per heavy atom. The molecule has 0 bridgehead atoms. The largest absolute Gasteiger partial charge is 0.325 e. The van der Waals surface area contributed by atoms with Crippen molar-refractivity contribution < 1.29 is 0 Å².